The van der Waals surface area contributed by atoms with Crippen LogP contribution in [-0.4, -0.2) is 35.0 Å². The van der Waals surface area contributed by atoms with Gasteiger partial charge >= 0.3 is 0 Å². The molecule has 17 saturated carbocycles. The van der Waals surface area contributed by atoms with Gasteiger partial charge < -0.3 is 0 Å². The molecule has 49 heavy (non-hydrogen) atoms. The fourth-order valence-electron chi connectivity index (χ4n) is 20.8. The van der Waals surface area contributed by atoms with E-state index in [0.29, 0.717) is 0 Å². The third-order valence-electron chi connectivity index (χ3n) is 20.9. The second kappa shape index (κ2) is 11.7. The Morgan fingerprint density at radius 1 is 0.265 bits per heavy atom. The van der Waals surface area contributed by atoms with Crippen molar-refractivity contribution in [3.05, 3.63) is 0 Å². The minimum Gasteiger partial charge on any atom is -0.0989 e. The van der Waals surface area contributed by atoms with Crippen LogP contribution in [-0.2, 0) is 0 Å². The Hall–Kier alpha value is 0.860. The third kappa shape index (κ3) is 4.97. The van der Waals surface area contributed by atoms with Crippen LogP contribution in [0.1, 0.15) is 148 Å². The van der Waals surface area contributed by atoms with E-state index in [1.807, 2.05) is 12.3 Å². The molecule has 2 unspecified atom stereocenters. The van der Waals surface area contributed by atoms with Crippen LogP contribution in [0.5, 0.6) is 0 Å². The van der Waals surface area contributed by atoms with Crippen LogP contribution in [0, 0.1) is 107 Å². The second-order valence-corrected chi connectivity index (χ2v) is 28.7. The van der Waals surface area contributed by atoms with Crippen molar-refractivity contribution in [2.75, 3.05) is 12.3 Å². The monoisotopic (exact) mass is 699 g/mol. The maximum Gasteiger partial charge on any atom is -0.0149 e. The highest BCUT2D eigenvalue weighted by Gasteiger charge is 2.60. The molecule has 0 nitrogen and oxygen atoms in total. The molecule has 0 aliphatic heterocycles. The average molecular weight is 699 g/mol. The molecule has 0 aromatic heterocycles. The molecule has 0 saturated heterocycles. The molecule has 0 N–H and O–H groups in total. The Bertz CT molecular complexity index is 992. The number of rotatable bonds is 8. The lowest BCUT2D eigenvalue weighted by Crippen LogP contribution is -2.53. The van der Waals surface area contributed by atoms with Crippen LogP contribution < -0.4 is 0 Å². The van der Waals surface area contributed by atoms with Gasteiger partial charge in [0, 0.05) is 0 Å². The fraction of sp³-hybridized carbons (Fsp3) is 1.00. The van der Waals surface area contributed by atoms with Crippen molar-refractivity contribution in [3.8, 4) is 0 Å². The highest BCUT2D eigenvalue weighted by Crippen LogP contribution is 2.74. The van der Waals surface area contributed by atoms with Crippen molar-refractivity contribution in [1.82, 2.24) is 0 Å². The molecule has 0 radical (unpaired) electrons. The maximum atomic E-state index is 1.81. The Morgan fingerprint density at radius 3 is 0.673 bits per heavy atom. The van der Waals surface area contributed by atoms with Crippen LogP contribution in [0.15, 0.2) is 0 Å². The predicted molar refractivity (Wildman–Crippen MR) is 208 cm³/mol. The first-order valence-corrected chi connectivity index (χ1v) is 27.0. The third-order valence-corrected chi connectivity index (χ3v) is 29.2. The molecule has 2 atom stereocenters. The van der Waals surface area contributed by atoms with Gasteiger partial charge in [-0.2, -0.15) is 0 Å². The Kier molecular flexibility index (Phi) is 7.42. The molecular weight excluding hydrogens is 626 g/mol. The summed E-state index contributed by atoms with van der Waals surface area (Å²) in [6.07, 6.45) is 42.4. The lowest BCUT2D eigenvalue weighted by molar-refractivity contribution is 0.0123. The molecule has 0 aromatic rings. The van der Waals surface area contributed by atoms with E-state index < -0.39 is 0 Å². The van der Waals surface area contributed by atoms with E-state index >= 15 is 0 Å². The van der Waals surface area contributed by atoms with Gasteiger partial charge in [-0.15, -0.1) is 0 Å². The average Bonchev–Trinajstić information content (AvgIpc) is 3.49. The predicted octanol–water partition coefficient (Wildman–Crippen LogP) is 12.7. The van der Waals surface area contributed by atoms with E-state index in [0.717, 1.165) is 0 Å². The summed E-state index contributed by atoms with van der Waals surface area (Å²) >= 11 is 0. The molecule has 17 aliphatic rings. The second-order valence-electron chi connectivity index (χ2n) is 23.5. The number of hydrogen-bond acceptors (Lipinski definition) is 0. The van der Waals surface area contributed by atoms with Crippen molar-refractivity contribution in [1.29, 1.82) is 0 Å². The summed E-state index contributed by atoms with van der Waals surface area (Å²) < 4.78 is 0. The summed E-state index contributed by atoms with van der Waals surface area (Å²) in [6.45, 7) is 0. The lowest BCUT2D eigenvalue weighted by Gasteiger charge is -2.63. The highest BCUT2D eigenvalue weighted by atomic mass is 31.1. The zero-order valence-corrected chi connectivity index (χ0v) is 33.1. The van der Waals surface area contributed by atoms with Crippen molar-refractivity contribution in [2.45, 2.75) is 170 Å². The lowest BCUT2D eigenvalue weighted by atomic mass is 9.55. The van der Waals surface area contributed by atoms with E-state index in [4.69, 9.17) is 0 Å². The van der Waals surface area contributed by atoms with Gasteiger partial charge in [-0.05, 0) is 283 Å². The summed E-state index contributed by atoms with van der Waals surface area (Å²) in [7, 11) is 0.471. The van der Waals surface area contributed by atoms with E-state index in [1.54, 1.807) is 148 Å². The van der Waals surface area contributed by atoms with Gasteiger partial charge in [0.2, 0.25) is 0 Å². The first kappa shape index (κ1) is 31.1. The Balaban J connectivity index is 0.825. The molecule has 17 rings (SSSR count). The topological polar surface area (TPSA) is 0 Å². The summed E-state index contributed by atoms with van der Waals surface area (Å²) in [5.41, 5.74) is 4.95. The summed E-state index contributed by atoms with van der Waals surface area (Å²) in [4.78, 5) is 0. The van der Waals surface area contributed by atoms with Gasteiger partial charge in [0.15, 0.2) is 0 Å². The van der Waals surface area contributed by atoms with E-state index in [2.05, 4.69) is 0 Å². The normalized spacial score (nSPS) is 62.4. The Morgan fingerprint density at radius 2 is 0.469 bits per heavy atom. The molecule has 0 heterocycles. The van der Waals surface area contributed by atoms with Crippen LogP contribution in [0.25, 0.3) is 0 Å². The van der Waals surface area contributed by atoms with Gasteiger partial charge in [-0.3, -0.25) is 0 Å². The van der Waals surface area contributed by atoms with E-state index in [-0.39, 0.29) is 15.8 Å². The largest absolute Gasteiger partial charge is 0.0989 e. The van der Waals surface area contributed by atoms with Crippen LogP contribution in [0.3, 0.4) is 0 Å². The highest BCUT2D eigenvalue weighted by molar-refractivity contribution is 7.59. The van der Waals surface area contributed by atoms with Gasteiger partial charge in [-0.1, -0.05) is 22.3 Å². The van der Waals surface area contributed by atoms with Gasteiger partial charge in [-0.25, -0.2) is 0 Å². The summed E-state index contributed by atoms with van der Waals surface area (Å²) in [6, 6.07) is 0. The number of hydrogen-bond donors (Lipinski definition) is 0. The standard InChI is InChI=1S/C47H72P2/c1-2-34(24-48(44-36-8-26-4-27(10-36)11-37(44)9-26)45-38-12-28-5-29(14-38)15-39(45)13-28)35(3-1)25-49(46-40-16-30-6-31(18-40)19-41(46)17-30)47-42-20-32-7-33(22-42)23-43(47)21-32/h26-47H,1-25H2. The SMILES string of the molecule is C1CC(CP(C2C3CC4CC(C3)CC2C4)C2C3CC4CC(C3)CC2C4)C(CP(C2C3CC4CC(C3)CC2C4)C2C3CC4CC(C3)CC2C4)C1. The molecular formula is C47H72P2. The Labute approximate surface area is 303 Å². The molecule has 270 valence electrons. The quantitative estimate of drug-likeness (QED) is 0.221. The first-order chi connectivity index (χ1) is 24.1. The fourth-order valence-corrected chi connectivity index (χ4v) is 30.9. The van der Waals surface area contributed by atoms with Crippen molar-refractivity contribution < 1.29 is 0 Å². The maximum absolute atomic E-state index is 1.81. The van der Waals surface area contributed by atoms with Gasteiger partial charge in [0.25, 0.3) is 0 Å². The van der Waals surface area contributed by atoms with Gasteiger partial charge in [0.05, 0.1) is 0 Å². The van der Waals surface area contributed by atoms with Crippen molar-refractivity contribution in [2.24, 2.45) is 107 Å². The molecule has 0 spiro atoms. The van der Waals surface area contributed by atoms with Crippen LogP contribution >= 0.6 is 15.8 Å². The minimum absolute atomic E-state index is 0.236. The summed E-state index contributed by atoms with van der Waals surface area (Å²) in [5.74, 6) is 21.2. The zero-order valence-electron chi connectivity index (χ0n) is 31.3. The molecule has 2 heteroatoms. The minimum atomic E-state index is 0.236. The van der Waals surface area contributed by atoms with E-state index in [1.165, 1.54) is 129 Å². The van der Waals surface area contributed by atoms with E-state index in [9.17, 15) is 0 Å². The smallest absolute Gasteiger partial charge is 0.0149 e. The molecule has 0 aromatic carbocycles. The van der Waals surface area contributed by atoms with Crippen LogP contribution in [0.4, 0.5) is 0 Å². The van der Waals surface area contributed by atoms with Crippen LogP contribution in [0.2, 0.25) is 0 Å². The summed E-state index contributed by atoms with van der Waals surface area (Å²) in [5, 5.41) is 0. The zero-order chi connectivity index (χ0) is 31.5. The van der Waals surface area contributed by atoms with Crippen molar-refractivity contribution in [3.63, 3.8) is 0 Å². The molecule has 17 aliphatic carbocycles. The van der Waals surface area contributed by atoms with Crippen molar-refractivity contribution >= 4 is 15.8 Å². The van der Waals surface area contributed by atoms with Gasteiger partial charge in [0.1, 0.15) is 0 Å². The molecule has 16 bridgehead atoms. The molecule has 17 fully saturated rings. The first-order valence-electron chi connectivity index (χ1n) is 23.6. The molecule has 0 amide bonds.